The standard InChI is InChI=1S/C16H15F3N4O2/c1-9-4-14(21-10-5-11(24-2)7-12(6-10)25-3)23-15(20-9)8-13(22-23)16(17,18)19/h4-8,21H,1-3H3. The van der Waals surface area contributed by atoms with Gasteiger partial charge in [-0.3, -0.25) is 0 Å². The monoisotopic (exact) mass is 352 g/mol. The first-order valence-electron chi connectivity index (χ1n) is 7.25. The number of methoxy groups -OCH3 is 2. The number of benzene rings is 1. The Balaban J connectivity index is 2.08. The van der Waals surface area contributed by atoms with Gasteiger partial charge in [0.25, 0.3) is 0 Å². The van der Waals surface area contributed by atoms with Gasteiger partial charge in [0.05, 0.1) is 14.2 Å². The first-order chi connectivity index (χ1) is 11.8. The molecule has 0 saturated carbocycles. The van der Waals surface area contributed by atoms with Crippen LogP contribution >= 0.6 is 0 Å². The van der Waals surface area contributed by atoms with Crippen LogP contribution in [0.4, 0.5) is 24.7 Å². The topological polar surface area (TPSA) is 60.7 Å². The fourth-order valence-corrected chi connectivity index (χ4v) is 2.36. The van der Waals surface area contributed by atoms with Crippen LogP contribution < -0.4 is 14.8 Å². The third kappa shape index (κ3) is 3.44. The van der Waals surface area contributed by atoms with E-state index in [-0.39, 0.29) is 5.65 Å². The normalized spacial score (nSPS) is 11.6. The Bertz CT molecular complexity index is 899. The number of nitrogens with one attached hydrogen (secondary N) is 1. The Kier molecular flexibility index (Phi) is 4.15. The van der Waals surface area contributed by atoms with Crippen LogP contribution in [0.2, 0.25) is 0 Å². The Hall–Kier alpha value is -2.97. The van der Waals surface area contributed by atoms with Crippen LogP contribution in [-0.4, -0.2) is 28.8 Å². The average Bonchev–Trinajstić information content (AvgIpc) is 2.98. The minimum absolute atomic E-state index is 0.102. The van der Waals surface area contributed by atoms with Gasteiger partial charge >= 0.3 is 6.18 Å². The maximum atomic E-state index is 12.9. The number of nitrogens with zero attached hydrogens (tertiary/aromatic N) is 3. The molecule has 0 aliphatic heterocycles. The van der Waals surface area contributed by atoms with E-state index in [0.29, 0.717) is 28.7 Å². The Morgan fingerprint density at radius 2 is 1.64 bits per heavy atom. The van der Waals surface area contributed by atoms with Crippen molar-refractivity contribution in [3.63, 3.8) is 0 Å². The molecule has 2 aromatic heterocycles. The van der Waals surface area contributed by atoms with Crippen LogP contribution in [0.3, 0.4) is 0 Å². The Morgan fingerprint density at radius 1 is 1.00 bits per heavy atom. The average molecular weight is 352 g/mol. The number of hydrogen-bond donors (Lipinski definition) is 1. The zero-order valence-corrected chi connectivity index (χ0v) is 13.7. The Morgan fingerprint density at radius 3 is 2.20 bits per heavy atom. The van der Waals surface area contributed by atoms with Crippen molar-refractivity contribution < 1.29 is 22.6 Å². The van der Waals surface area contributed by atoms with E-state index in [1.165, 1.54) is 14.2 Å². The van der Waals surface area contributed by atoms with Gasteiger partial charge in [-0.05, 0) is 6.92 Å². The largest absolute Gasteiger partial charge is 0.497 e. The minimum Gasteiger partial charge on any atom is -0.497 e. The summed E-state index contributed by atoms with van der Waals surface area (Å²) in [6, 6.07) is 7.58. The molecule has 3 rings (SSSR count). The van der Waals surface area contributed by atoms with Crippen LogP contribution in [0.5, 0.6) is 11.5 Å². The first-order valence-corrected chi connectivity index (χ1v) is 7.25. The van der Waals surface area contributed by atoms with Gasteiger partial charge in [-0.1, -0.05) is 0 Å². The van der Waals surface area contributed by atoms with E-state index in [2.05, 4.69) is 15.4 Å². The molecule has 0 bridgehead atoms. The zero-order chi connectivity index (χ0) is 18.2. The van der Waals surface area contributed by atoms with E-state index in [1.807, 2.05) is 0 Å². The summed E-state index contributed by atoms with van der Waals surface area (Å²) in [6.45, 7) is 1.69. The molecule has 0 fully saturated rings. The maximum absolute atomic E-state index is 12.9. The van der Waals surface area contributed by atoms with Crippen LogP contribution in [-0.2, 0) is 6.18 Å². The van der Waals surface area contributed by atoms with Crippen molar-refractivity contribution in [1.82, 2.24) is 14.6 Å². The van der Waals surface area contributed by atoms with Crippen LogP contribution in [0, 0.1) is 6.92 Å². The lowest BCUT2D eigenvalue weighted by atomic mass is 10.2. The van der Waals surface area contributed by atoms with Crippen molar-refractivity contribution in [2.75, 3.05) is 19.5 Å². The summed E-state index contributed by atoms with van der Waals surface area (Å²) < 4.78 is 50.3. The highest BCUT2D eigenvalue weighted by molar-refractivity contribution is 5.63. The highest BCUT2D eigenvalue weighted by Gasteiger charge is 2.34. The molecule has 6 nitrogen and oxygen atoms in total. The number of rotatable bonds is 4. The summed E-state index contributed by atoms with van der Waals surface area (Å²) in [6.07, 6.45) is -4.54. The van der Waals surface area contributed by atoms with Gasteiger partial charge in [-0.25, -0.2) is 4.98 Å². The molecular formula is C16H15F3N4O2. The zero-order valence-electron chi connectivity index (χ0n) is 13.7. The molecule has 1 aromatic carbocycles. The summed E-state index contributed by atoms with van der Waals surface area (Å²) in [4.78, 5) is 4.09. The van der Waals surface area contributed by atoms with Crippen molar-refractivity contribution in [3.05, 3.63) is 41.7 Å². The predicted octanol–water partition coefficient (Wildman–Crippen LogP) is 3.82. The third-order valence-corrected chi connectivity index (χ3v) is 3.47. The number of alkyl halides is 3. The summed E-state index contributed by atoms with van der Waals surface area (Å²) in [5, 5.41) is 6.65. The van der Waals surface area contributed by atoms with Crippen molar-refractivity contribution in [2.45, 2.75) is 13.1 Å². The van der Waals surface area contributed by atoms with Crippen molar-refractivity contribution in [2.24, 2.45) is 0 Å². The molecule has 1 N–H and O–H groups in total. The van der Waals surface area contributed by atoms with Gasteiger partial charge in [-0.15, -0.1) is 0 Å². The molecule has 9 heteroatoms. The number of aryl methyl sites for hydroxylation is 1. The van der Waals surface area contributed by atoms with Gasteiger partial charge in [0.1, 0.15) is 17.3 Å². The predicted molar refractivity (Wildman–Crippen MR) is 85.6 cm³/mol. The molecule has 0 amide bonds. The van der Waals surface area contributed by atoms with Gasteiger partial charge < -0.3 is 14.8 Å². The lowest BCUT2D eigenvalue weighted by Crippen LogP contribution is -2.07. The molecule has 0 radical (unpaired) electrons. The van der Waals surface area contributed by atoms with Crippen molar-refractivity contribution in [1.29, 1.82) is 0 Å². The quantitative estimate of drug-likeness (QED) is 0.774. The van der Waals surface area contributed by atoms with Gasteiger partial charge in [0, 0.05) is 41.7 Å². The molecule has 132 valence electrons. The lowest BCUT2D eigenvalue weighted by Gasteiger charge is -2.12. The van der Waals surface area contributed by atoms with E-state index in [4.69, 9.17) is 9.47 Å². The van der Waals surface area contributed by atoms with Gasteiger partial charge in [0.15, 0.2) is 11.3 Å². The fraction of sp³-hybridized carbons (Fsp3) is 0.250. The van der Waals surface area contributed by atoms with Gasteiger partial charge in [0.2, 0.25) is 0 Å². The Labute approximate surface area is 141 Å². The minimum atomic E-state index is -4.54. The third-order valence-electron chi connectivity index (χ3n) is 3.47. The number of anilines is 2. The molecular weight excluding hydrogens is 337 g/mol. The smallest absolute Gasteiger partial charge is 0.435 e. The fourth-order valence-electron chi connectivity index (χ4n) is 2.36. The van der Waals surface area contributed by atoms with Gasteiger partial charge in [-0.2, -0.15) is 22.8 Å². The number of hydrogen-bond acceptors (Lipinski definition) is 5. The van der Waals surface area contributed by atoms with Crippen LogP contribution in [0.1, 0.15) is 11.4 Å². The molecule has 0 unspecified atom stereocenters. The highest BCUT2D eigenvalue weighted by Crippen LogP contribution is 2.31. The first kappa shape index (κ1) is 16.9. The molecule has 25 heavy (non-hydrogen) atoms. The molecule has 3 aromatic rings. The number of aromatic nitrogens is 3. The molecule has 0 atom stereocenters. The van der Waals surface area contributed by atoms with E-state index >= 15 is 0 Å². The highest BCUT2D eigenvalue weighted by atomic mass is 19.4. The number of halogens is 3. The number of fused-ring (bicyclic) bond motifs is 1. The summed E-state index contributed by atoms with van der Waals surface area (Å²) >= 11 is 0. The SMILES string of the molecule is COc1cc(Nc2cc(C)nc3cc(C(F)(F)F)nn23)cc(OC)c1. The lowest BCUT2D eigenvalue weighted by molar-refractivity contribution is -0.141. The van der Waals surface area contributed by atoms with Crippen molar-refractivity contribution >= 4 is 17.2 Å². The summed E-state index contributed by atoms with van der Waals surface area (Å²) in [5.41, 5.74) is 0.229. The summed E-state index contributed by atoms with van der Waals surface area (Å²) in [7, 11) is 3.02. The molecule has 0 saturated heterocycles. The van der Waals surface area contributed by atoms with Crippen LogP contribution in [0.25, 0.3) is 5.65 Å². The van der Waals surface area contributed by atoms with Crippen LogP contribution in [0.15, 0.2) is 30.3 Å². The number of ether oxygens (including phenoxy) is 2. The molecule has 0 aliphatic carbocycles. The molecule has 2 heterocycles. The second-order valence-electron chi connectivity index (χ2n) is 5.31. The van der Waals surface area contributed by atoms with E-state index in [1.54, 1.807) is 31.2 Å². The van der Waals surface area contributed by atoms with Crippen molar-refractivity contribution in [3.8, 4) is 11.5 Å². The molecule has 0 aliphatic rings. The van der Waals surface area contributed by atoms with E-state index in [0.717, 1.165) is 10.6 Å². The molecule has 0 spiro atoms. The maximum Gasteiger partial charge on any atom is 0.435 e. The second kappa shape index (κ2) is 6.15. The summed E-state index contributed by atoms with van der Waals surface area (Å²) in [5.74, 6) is 1.42. The van der Waals surface area contributed by atoms with E-state index in [9.17, 15) is 13.2 Å². The van der Waals surface area contributed by atoms with E-state index < -0.39 is 11.9 Å². The second-order valence-corrected chi connectivity index (χ2v) is 5.31.